The van der Waals surface area contributed by atoms with E-state index in [1.165, 1.54) is 12.1 Å². The fraction of sp³-hybridized carbons (Fsp3) is 0.214. The van der Waals surface area contributed by atoms with E-state index in [0.29, 0.717) is 12.4 Å². The molecular weight excluding hydrogens is 311 g/mol. The highest BCUT2D eigenvalue weighted by atomic mass is 79.9. The first kappa shape index (κ1) is 13.8. The van der Waals surface area contributed by atoms with Crippen molar-refractivity contribution < 1.29 is 9.13 Å². The number of pyridine rings is 1. The van der Waals surface area contributed by atoms with Crippen LogP contribution in [-0.4, -0.2) is 11.5 Å². The van der Waals surface area contributed by atoms with Gasteiger partial charge in [0.05, 0.1) is 10.2 Å². The lowest BCUT2D eigenvalue weighted by Gasteiger charge is -2.09. The highest BCUT2D eigenvalue weighted by molar-refractivity contribution is 9.10. The zero-order valence-corrected chi connectivity index (χ0v) is 12.1. The molecule has 1 N–H and O–H groups in total. The number of aromatic nitrogens is 1. The van der Waals surface area contributed by atoms with Gasteiger partial charge in [-0.2, -0.15) is 0 Å². The van der Waals surface area contributed by atoms with E-state index in [1.54, 1.807) is 6.07 Å². The predicted molar refractivity (Wildman–Crippen MR) is 76.8 cm³/mol. The largest absolute Gasteiger partial charge is 0.486 e. The minimum absolute atomic E-state index is 0.293. The van der Waals surface area contributed by atoms with E-state index >= 15 is 0 Å². The highest BCUT2D eigenvalue weighted by Gasteiger charge is 2.04. The molecule has 1 aromatic heterocycles. The molecule has 0 unspecified atom stereocenters. The summed E-state index contributed by atoms with van der Waals surface area (Å²) in [6.07, 6.45) is 0. The molecule has 0 saturated heterocycles. The zero-order valence-electron chi connectivity index (χ0n) is 10.5. The Morgan fingerprint density at radius 3 is 2.95 bits per heavy atom. The Labute approximate surface area is 119 Å². The van der Waals surface area contributed by atoms with Gasteiger partial charge in [-0.05, 0) is 47.1 Å². The number of ether oxygens (including phenoxy) is 1. The van der Waals surface area contributed by atoms with Crippen molar-refractivity contribution in [3.05, 3.63) is 52.4 Å². The lowest BCUT2D eigenvalue weighted by molar-refractivity contribution is 0.298. The number of rotatable bonds is 5. The maximum Gasteiger partial charge on any atom is 0.136 e. The van der Waals surface area contributed by atoms with E-state index in [2.05, 4.69) is 26.2 Å². The van der Waals surface area contributed by atoms with Gasteiger partial charge in [-0.1, -0.05) is 6.07 Å². The van der Waals surface area contributed by atoms with Crippen molar-refractivity contribution in [3.8, 4) is 5.75 Å². The van der Waals surface area contributed by atoms with Crippen LogP contribution < -0.4 is 10.1 Å². The number of nitrogens with one attached hydrogen (secondary N) is 1. The lowest BCUT2D eigenvalue weighted by atomic mass is 10.3. The Hall–Kier alpha value is -1.62. The molecule has 0 radical (unpaired) electrons. The van der Waals surface area contributed by atoms with Gasteiger partial charge in [0.2, 0.25) is 0 Å². The second-order valence-corrected chi connectivity index (χ2v) is 4.76. The van der Waals surface area contributed by atoms with Crippen LogP contribution in [0.15, 0.2) is 40.9 Å². The van der Waals surface area contributed by atoms with Crippen molar-refractivity contribution in [1.82, 2.24) is 4.98 Å². The van der Waals surface area contributed by atoms with Crippen molar-refractivity contribution in [2.24, 2.45) is 0 Å². The fourth-order valence-corrected chi connectivity index (χ4v) is 1.94. The average Bonchev–Trinajstić information content (AvgIpc) is 2.41. The molecule has 0 saturated carbocycles. The summed E-state index contributed by atoms with van der Waals surface area (Å²) in [5.74, 6) is 0.949. The summed E-state index contributed by atoms with van der Waals surface area (Å²) in [6.45, 7) is 3.11. The first-order chi connectivity index (χ1) is 9.19. The minimum atomic E-state index is -0.326. The quantitative estimate of drug-likeness (QED) is 0.902. The Morgan fingerprint density at radius 1 is 1.32 bits per heavy atom. The third-order valence-corrected chi connectivity index (χ3v) is 3.09. The molecule has 0 bridgehead atoms. The van der Waals surface area contributed by atoms with E-state index in [0.717, 1.165) is 22.5 Å². The van der Waals surface area contributed by atoms with Gasteiger partial charge in [0.15, 0.2) is 0 Å². The first-order valence-electron chi connectivity index (χ1n) is 5.96. The maximum atomic E-state index is 13.1. The van der Waals surface area contributed by atoms with E-state index in [9.17, 15) is 4.39 Å². The average molecular weight is 325 g/mol. The molecule has 100 valence electrons. The molecule has 0 aliphatic rings. The molecule has 0 aliphatic carbocycles. The van der Waals surface area contributed by atoms with Crippen LogP contribution in [0.3, 0.4) is 0 Å². The predicted octanol–water partition coefficient (Wildman–Crippen LogP) is 3.99. The Morgan fingerprint density at radius 2 is 2.16 bits per heavy atom. The van der Waals surface area contributed by atoms with Gasteiger partial charge in [0.25, 0.3) is 0 Å². The summed E-state index contributed by atoms with van der Waals surface area (Å²) in [5.41, 5.74) is 0.787. The number of anilines is 1. The van der Waals surface area contributed by atoms with Crippen LogP contribution in [-0.2, 0) is 6.61 Å². The normalized spacial score (nSPS) is 10.3. The third kappa shape index (κ3) is 3.92. The summed E-state index contributed by atoms with van der Waals surface area (Å²) in [5, 5.41) is 3.13. The number of nitrogens with zero attached hydrogens (tertiary/aromatic N) is 1. The Balaban J connectivity index is 2.05. The number of benzene rings is 1. The monoisotopic (exact) mass is 324 g/mol. The van der Waals surface area contributed by atoms with Crippen molar-refractivity contribution in [3.63, 3.8) is 0 Å². The maximum absolute atomic E-state index is 13.1. The van der Waals surface area contributed by atoms with E-state index in [4.69, 9.17) is 4.74 Å². The number of hydrogen-bond acceptors (Lipinski definition) is 3. The molecule has 0 amide bonds. The Bertz CT molecular complexity index is 563. The standard InChI is InChI=1S/C14H14BrFN2O/c1-2-17-14-5-3-4-11(18-14)9-19-13-8-10(16)6-7-12(13)15/h3-8H,2,9H2,1H3,(H,17,18). The van der Waals surface area contributed by atoms with Crippen LogP contribution in [0.1, 0.15) is 12.6 Å². The second-order valence-electron chi connectivity index (χ2n) is 3.91. The van der Waals surface area contributed by atoms with Crippen molar-refractivity contribution in [2.75, 3.05) is 11.9 Å². The van der Waals surface area contributed by atoms with Gasteiger partial charge < -0.3 is 10.1 Å². The molecule has 19 heavy (non-hydrogen) atoms. The fourth-order valence-electron chi connectivity index (χ4n) is 1.58. The van der Waals surface area contributed by atoms with E-state index in [1.807, 2.05) is 25.1 Å². The summed E-state index contributed by atoms with van der Waals surface area (Å²) in [6, 6.07) is 10.0. The topological polar surface area (TPSA) is 34.1 Å². The molecule has 2 aromatic rings. The van der Waals surface area contributed by atoms with Gasteiger partial charge in [-0.15, -0.1) is 0 Å². The van der Waals surface area contributed by atoms with Crippen LogP contribution in [0.25, 0.3) is 0 Å². The van der Waals surface area contributed by atoms with Gasteiger partial charge in [0.1, 0.15) is 24.0 Å². The SMILES string of the molecule is CCNc1cccc(COc2cc(F)ccc2Br)n1. The van der Waals surface area contributed by atoms with Crippen LogP contribution >= 0.6 is 15.9 Å². The molecule has 1 heterocycles. The number of halogens is 2. The zero-order chi connectivity index (χ0) is 13.7. The Kier molecular flexibility index (Phi) is 4.74. The molecule has 0 atom stereocenters. The summed E-state index contributed by atoms with van der Waals surface area (Å²) < 4.78 is 19.4. The summed E-state index contributed by atoms with van der Waals surface area (Å²) >= 11 is 3.32. The van der Waals surface area contributed by atoms with Gasteiger partial charge in [-0.25, -0.2) is 9.37 Å². The second kappa shape index (κ2) is 6.52. The summed E-state index contributed by atoms with van der Waals surface area (Å²) in [7, 11) is 0. The van der Waals surface area contributed by atoms with Crippen molar-refractivity contribution >= 4 is 21.7 Å². The molecule has 3 nitrogen and oxygen atoms in total. The van der Waals surface area contributed by atoms with Gasteiger partial charge >= 0.3 is 0 Å². The van der Waals surface area contributed by atoms with Gasteiger partial charge in [-0.3, -0.25) is 0 Å². The molecule has 0 fully saturated rings. The van der Waals surface area contributed by atoms with Crippen molar-refractivity contribution in [2.45, 2.75) is 13.5 Å². The molecule has 0 aliphatic heterocycles. The third-order valence-electron chi connectivity index (χ3n) is 2.43. The van der Waals surface area contributed by atoms with Crippen molar-refractivity contribution in [1.29, 1.82) is 0 Å². The van der Waals surface area contributed by atoms with E-state index < -0.39 is 0 Å². The van der Waals surface area contributed by atoms with Crippen LogP contribution in [0.4, 0.5) is 10.2 Å². The van der Waals surface area contributed by atoms with Crippen LogP contribution in [0.2, 0.25) is 0 Å². The van der Waals surface area contributed by atoms with E-state index in [-0.39, 0.29) is 5.82 Å². The molecule has 1 aromatic carbocycles. The highest BCUT2D eigenvalue weighted by Crippen LogP contribution is 2.26. The summed E-state index contributed by atoms with van der Waals surface area (Å²) in [4.78, 5) is 4.38. The molecular formula is C14H14BrFN2O. The lowest BCUT2D eigenvalue weighted by Crippen LogP contribution is -2.03. The smallest absolute Gasteiger partial charge is 0.136 e. The molecule has 2 rings (SSSR count). The van der Waals surface area contributed by atoms with Crippen LogP contribution in [0, 0.1) is 5.82 Å². The first-order valence-corrected chi connectivity index (χ1v) is 6.76. The molecule has 0 spiro atoms. The van der Waals surface area contributed by atoms with Crippen LogP contribution in [0.5, 0.6) is 5.75 Å². The number of hydrogen-bond donors (Lipinski definition) is 1. The minimum Gasteiger partial charge on any atom is -0.486 e. The molecule has 5 heteroatoms. The van der Waals surface area contributed by atoms with Gasteiger partial charge in [0, 0.05) is 12.6 Å².